The number of nitrogens with two attached hydrogens (primary N) is 1. The average Bonchev–Trinajstić information content (AvgIpc) is 3.01. The van der Waals surface area contributed by atoms with Crippen LogP contribution in [0.25, 0.3) is 0 Å². The van der Waals surface area contributed by atoms with Crippen molar-refractivity contribution >= 4 is 11.9 Å². The SMILES string of the molecule is CCOC(=O)C1=C(C)NC(NN)=N[C@H]1c1ccc2c(c1)OCO2. The number of allylic oxidation sites excluding steroid dienone is 1. The third kappa shape index (κ3) is 2.80. The van der Waals surface area contributed by atoms with E-state index in [0.717, 1.165) is 5.56 Å². The van der Waals surface area contributed by atoms with Gasteiger partial charge in [-0.1, -0.05) is 6.07 Å². The van der Waals surface area contributed by atoms with Gasteiger partial charge in [0.15, 0.2) is 11.5 Å². The lowest BCUT2D eigenvalue weighted by Gasteiger charge is -2.25. The Labute approximate surface area is 133 Å². The van der Waals surface area contributed by atoms with Gasteiger partial charge >= 0.3 is 5.97 Å². The first-order valence-electron chi connectivity index (χ1n) is 7.23. The van der Waals surface area contributed by atoms with Crippen molar-refractivity contribution in [3.63, 3.8) is 0 Å². The van der Waals surface area contributed by atoms with Crippen molar-refractivity contribution in [3.8, 4) is 11.5 Å². The second-order valence-corrected chi connectivity index (χ2v) is 5.02. The number of carbonyl (C=O) groups excluding carboxylic acids is 1. The number of hydrogen-bond donors (Lipinski definition) is 3. The number of carbonyl (C=O) groups is 1. The van der Waals surface area contributed by atoms with E-state index >= 15 is 0 Å². The Kier molecular flexibility index (Phi) is 4.07. The van der Waals surface area contributed by atoms with Crippen LogP contribution in [0.3, 0.4) is 0 Å². The zero-order valence-corrected chi connectivity index (χ0v) is 12.9. The summed E-state index contributed by atoms with van der Waals surface area (Å²) in [4.78, 5) is 16.8. The molecule has 0 saturated heterocycles. The van der Waals surface area contributed by atoms with Crippen LogP contribution in [0.1, 0.15) is 25.5 Å². The molecule has 0 bridgehead atoms. The largest absolute Gasteiger partial charge is 0.463 e. The van der Waals surface area contributed by atoms with Crippen LogP contribution in [0.2, 0.25) is 0 Å². The molecule has 8 heteroatoms. The summed E-state index contributed by atoms with van der Waals surface area (Å²) in [5.41, 5.74) is 4.33. The molecule has 8 nitrogen and oxygen atoms in total. The summed E-state index contributed by atoms with van der Waals surface area (Å²) in [6, 6.07) is 4.90. The monoisotopic (exact) mass is 318 g/mol. The first kappa shape index (κ1) is 15.2. The average molecular weight is 318 g/mol. The third-order valence-electron chi connectivity index (χ3n) is 3.59. The number of guanidine groups is 1. The second-order valence-electron chi connectivity index (χ2n) is 5.02. The van der Waals surface area contributed by atoms with Gasteiger partial charge in [-0.2, -0.15) is 0 Å². The quantitative estimate of drug-likeness (QED) is 0.428. The molecule has 2 heterocycles. The van der Waals surface area contributed by atoms with Gasteiger partial charge in [-0.15, -0.1) is 0 Å². The first-order valence-corrected chi connectivity index (χ1v) is 7.23. The number of aliphatic imine (C=N–C) groups is 1. The van der Waals surface area contributed by atoms with Gasteiger partial charge in [0.05, 0.1) is 12.2 Å². The van der Waals surface area contributed by atoms with E-state index in [1.807, 2.05) is 12.1 Å². The Hall–Kier alpha value is -2.74. The normalized spacial score (nSPS) is 19.1. The Morgan fingerprint density at radius 1 is 1.48 bits per heavy atom. The van der Waals surface area contributed by atoms with Crippen molar-refractivity contribution in [2.45, 2.75) is 19.9 Å². The van der Waals surface area contributed by atoms with Crippen LogP contribution >= 0.6 is 0 Å². The van der Waals surface area contributed by atoms with Crippen molar-refractivity contribution in [3.05, 3.63) is 35.0 Å². The van der Waals surface area contributed by atoms with Crippen LogP contribution in [0.15, 0.2) is 34.5 Å². The molecule has 0 spiro atoms. The molecule has 1 aromatic carbocycles. The Morgan fingerprint density at radius 2 is 2.26 bits per heavy atom. The van der Waals surface area contributed by atoms with Crippen molar-refractivity contribution in [2.75, 3.05) is 13.4 Å². The van der Waals surface area contributed by atoms with Gasteiger partial charge in [-0.05, 0) is 31.5 Å². The molecule has 122 valence electrons. The molecule has 0 saturated carbocycles. The van der Waals surface area contributed by atoms with E-state index in [1.165, 1.54) is 0 Å². The van der Waals surface area contributed by atoms with Crippen LogP contribution in [0.4, 0.5) is 0 Å². The summed E-state index contributed by atoms with van der Waals surface area (Å²) in [5.74, 6) is 6.70. The third-order valence-corrected chi connectivity index (χ3v) is 3.59. The molecule has 2 aliphatic rings. The zero-order valence-electron chi connectivity index (χ0n) is 12.9. The summed E-state index contributed by atoms with van der Waals surface area (Å²) >= 11 is 0. The van der Waals surface area contributed by atoms with Gasteiger partial charge in [0.1, 0.15) is 6.04 Å². The number of nitrogens with one attached hydrogen (secondary N) is 2. The van der Waals surface area contributed by atoms with E-state index in [-0.39, 0.29) is 13.4 Å². The van der Waals surface area contributed by atoms with Gasteiger partial charge in [-0.25, -0.2) is 15.6 Å². The van der Waals surface area contributed by atoms with Gasteiger partial charge < -0.3 is 19.5 Å². The Morgan fingerprint density at radius 3 is 3.00 bits per heavy atom. The number of benzene rings is 1. The minimum absolute atomic E-state index is 0.184. The molecule has 0 aromatic heterocycles. The molecule has 4 N–H and O–H groups in total. The summed E-state index contributed by atoms with van der Waals surface area (Å²) < 4.78 is 15.9. The molecule has 1 aromatic rings. The first-order chi connectivity index (χ1) is 11.1. The highest BCUT2D eigenvalue weighted by atomic mass is 16.7. The predicted octanol–water partition coefficient (Wildman–Crippen LogP) is 0.716. The smallest absolute Gasteiger partial charge is 0.338 e. The molecule has 0 amide bonds. The number of fused-ring (bicyclic) bond motifs is 1. The van der Waals surface area contributed by atoms with Crippen molar-refractivity contribution in [2.24, 2.45) is 10.8 Å². The summed E-state index contributed by atoms with van der Waals surface area (Å²) in [7, 11) is 0. The van der Waals surface area contributed by atoms with E-state index in [2.05, 4.69) is 15.7 Å². The highest BCUT2D eigenvalue weighted by molar-refractivity contribution is 5.95. The molecule has 1 atom stereocenters. The van der Waals surface area contributed by atoms with Gasteiger partial charge in [0.2, 0.25) is 12.8 Å². The van der Waals surface area contributed by atoms with Crippen molar-refractivity contribution < 1.29 is 19.0 Å². The fraction of sp³-hybridized carbons (Fsp3) is 0.333. The van der Waals surface area contributed by atoms with Crippen LogP contribution in [0, 0.1) is 0 Å². The standard InChI is InChI=1S/C15H18N4O4/c1-3-21-14(20)12-8(2)17-15(19-16)18-13(12)9-4-5-10-11(6-9)23-7-22-10/h4-6,13H,3,7,16H2,1-2H3,(H2,17,18,19)/t13-/m0/s1. The van der Waals surface area contributed by atoms with Crippen LogP contribution in [-0.2, 0) is 9.53 Å². The molecule has 2 aliphatic heterocycles. The lowest BCUT2D eigenvalue weighted by Crippen LogP contribution is -2.44. The molecule has 0 aliphatic carbocycles. The fourth-order valence-corrected chi connectivity index (χ4v) is 2.55. The van der Waals surface area contributed by atoms with Gasteiger partial charge in [0, 0.05) is 5.70 Å². The van der Waals surface area contributed by atoms with Gasteiger partial charge in [-0.3, -0.25) is 5.43 Å². The highest BCUT2D eigenvalue weighted by Gasteiger charge is 2.31. The number of esters is 1. The predicted molar refractivity (Wildman–Crippen MR) is 82.5 cm³/mol. The van der Waals surface area contributed by atoms with Crippen molar-refractivity contribution in [1.29, 1.82) is 0 Å². The molecule has 0 fully saturated rings. The van der Waals surface area contributed by atoms with Gasteiger partial charge in [0.25, 0.3) is 0 Å². The number of nitrogens with zero attached hydrogens (tertiary/aromatic N) is 1. The van der Waals surface area contributed by atoms with E-state index < -0.39 is 12.0 Å². The molecular formula is C15H18N4O4. The summed E-state index contributed by atoms with van der Waals surface area (Å²) in [6.07, 6.45) is 0. The lowest BCUT2D eigenvalue weighted by atomic mass is 9.96. The summed E-state index contributed by atoms with van der Waals surface area (Å²) in [5, 5.41) is 2.94. The van der Waals surface area contributed by atoms with E-state index in [4.69, 9.17) is 20.1 Å². The van der Waals surface area contributed by atoms with Crippen molar-refractivity contribution in [1.82, 2.24) is 10.7 Å². The lowest BCUT2D eigenvalue weighted by molar-refractivity contribution is -0.138. The van der Waals surface area contributed by atoms with Crippen LogP contribution in [0.5, 0.6) is 11.5 Å². The maximum atomic E-state index is 12.3. The van der Waals surface area contributed by atoms with E-state index in [0.29, 0.717) is 28.7 Å². The van der Waals surface area contributed by atoms with E-state index in [1.54, 1.807) is 19.9 Å². The number of ether oxygens (including phenoxy) is 3. The number of hydrazine groups is 1. The topological polar surface area (TPSA) is 107 Å². The molecule has 3 rings (SSSR count). The second kappa shape index (κ2) is 6.17. The highest BCUT2D eigenvalue weighted by Crippen LogP contribution is 2.38. The maximum Gasteiger partial charge on any atom is 0.338 e. The minimum Gasteiger partial charge on any atom is -0.463 e. The zero-order chi connectivity index (χ0) is 16.4. The number of rotatable bonds is 3. The maximum absolute atomic E-state index is 12.3. The number of hydrogen-bond acceptors (Lipinski definition) is 8. The van der Waals surface area contributed by atoms with E-state index in [9.17, 15) is 4.79 Å². The van der Waals surface area contributed by atoms with Crippen LogP contribution in [-0.4, -0.2) is 25.3 Å². The van der Waals surface area contributed by atoms with Crippen LogP contribution < -0.4 is 26.1 Å². The Bertz CT molecular complexity index is 699. The Balaban J connectivity index is 2.02. The molecule has 0 radical (unpaired) electrons. The minimum atomic E-state index is -0.546. The molecule has 23 heavy (non-hydrogen) atoms. The fourth-order valence-electron chi connectivity index (χ4n) is 2.55. The summed E-state index contributed by atoms with van der Waals surface area (Å²) in [6.45, 7) is 4.01. The molecular weight excluding hydrogens is 300 g/mol. The molecule has 0 unspecified atom stereocenters.